The van der Waals surface area contributed by atoms with Gasteiger partial charge < -0.3 is 4.90 Å². The number of piperazine rings is 1. The SMILES string of the molecule is [CH2]CN1CCN(c2cccnc2)CC1. The molecule has 1 aromatic heterocycles. The predicted molar refractivity (Wildman–Crippen MR) is 58.2 cm³/mol. The highest BCUT2D eigenvalue weighted by Crippen LogP contribution is 2.13. The van der Waals surface area contributed by atoms with E-state index in [-0.39, 0.29) is 0 Å². The number of hydrogen-bond acceptors (Lipinski definition) is 3. The van der Waals surface area contributed by atoms with Crippen LogP contribution in [0.15, 0.2) is 24.5 Å². The van der Waals surface area contributed by atoms with E-state index in [2.05, 4.69) is 27.8 Å². The molecule has 0 unspecified atom stereocenters. The van der Waals surface area contributed by atoms with Gasteiger partial charge in [0.25, 0.3) is 0 Å². The number of nitrogens with zero attached hydrogens (tertiary/aromatic N) is 3. The van der Waals surface area contributed by atoms with Gasteiger partial charge in [0.05, 0.1) is 11.9 Å². The van der Waals surface area contributed by atoms with Crippen molar-refractivity contribution in [1.29, 1.82) is 0 Å². The van der Waals surface area contributed by atoms with Crippen molar-refractivity contribution < 1.29 is 0 Å². The van der Waals surface area contributed by atoms with Gasteiger partial charge in [0.2, 0.25) is 0 Å². The maximum absolute atomic E-state index is 4.13. The monoisotopic (exact) mass is 190 g/mol. The summed E-state index contributed by atoms with van der Waals surface area (Å²) in [5.41, 5.74) is 1.23. The standard InChI is InChI=1S/C11H16N3/c1-2-13-6-8-14(9-7-13)11-4-3-5-12-10-11/h3-5,10H,1-2,6-9H2. The van der Waals surface area contributed by atoms with Crippen LogP contribution in [0.4, 0.5) is 5.69 Å². The number of pyridine rings is 1. The fourth-order valence-corrected chi connectivity index (χ4v) is 1.77. The average Bonchev–Trinajstić information content (AvgIpc) is 2.30. The largest absolute Gasteiger partial charge is 0.368 e. The van der Waals surface area contributed by atoms with Crippen LogP contribution in [0.3, 0.4) is 0 Å². The normalized spacial score (nSPS) is 18.5. The Morgan fingerprint density at radius 3 is 2.64 bits per heavy atom. The Morgan fingerprint density at radius 2 is 2.07 bits per heavy atom. The fourth-order valence-electron chi connectivity index (χ4n) is 1.77. The lowest BCUT2D eigenvalue weighted by molar-refractivity contribution is 0.283. The van der Waals surface area contributed by atoms with E-state index in [1.807, 2.05) is 18.5 Å². The Bertz CT molecular complexity index is 265. The van der Waals surface area contributed by atoms with E-state index in [1.165, 1.54) is 5.69 Å². The molecule has 0 aromatic carbocycles. The Hall–Kier alpha value is -1.09. The van der Waals surface area contributed by atoms with Crippen LogP contribution in [0.1, 0.15) is 0 Å². The van der Waals surface area contributed by atoms with Crippen molar-refractivity contribution in [2.24, 2.45) is 0 Å². The Kier molecular flexibility index (Phi) is 2.99. The lowest BCUT2D eigenvalue weighted by atomic mass is 10.3. The van der Waals surface area contributed by atoms with Crippen molar-refractivity contribution in [2.45, 2.75) is 0 Å². The van der Waals surface area contributed by atoms with E-state index >= 15 is 0 Å². The highest BCUT2D eigenvalue weighted by Gasteiger charge is 2.15. The zero-order valence-electron chi connectivity index (χ0n) is 8.39. The third kappa shape index (κ3) is 2.04. The first-order chi connectivity index (χ1) is 6.90. The molecule has 14 heavy (non-hydrogen) atoms. The molecule has 0 bridgehead atoms. The van der Waals surface area contributed by atoms with Crippen LogP contribution < -0.4 is 4.90 Å². The molecule has 1 fully saturated rings. The molecule has 0 N–H and O–H groups in total. The molecule has 1 aliphatic rings. The van der Waals surface area contributed by atoms with Crippen LogP contribution in [0, 0.1) is 6.92 Å². The Morgan fingerprint density at radius 1 is 1.29 bits per heavy atom. The molecule has 0 amide bonds. The van der Waals surface area contributed by atoms with Crippen molar-refractivity contribution in [1.82, 2.24) is 9.88 Å². The van der Waals surface area contributed by atoms with Gasteiger partial charge in [0.1, 0.15) is 0 Å². The van der Waals surface area contributed by atoms with Crippen LogP contribution in [0.25, 0.3) is 0 Å². The first-order valence-corrected chi connectivity index (χ1v) is 5.07. The first-order valence-electron chi connectivity index (χ1n) is 5.07. The number of rotatable bonds is 2. The van der Waals surface area contributed by atoms with E-state index < -0.39 is 0 Å². The summed E-state index contributed by atoms with van der Waals surface area (Å²) in [5, 5.41) is 0. The summed E-state index contributed by atoms with van der Waals surface area (Å²) in [5.74, 6) is 0. The van der Waals surface area contributed by atoms with E-state index in [0.29, 0.717) is 0 Å². The molecule has 1 aliphatic heterocycles. The molecule has 0 aliphatic carbocycles. The highest BCUT2D eigenvalue weighted by molar-refractivity contribution is 5.43. The molecular weight excluding hydrogens is 174 g/mol. The maximum atomic E-state index is 4.13. The minimum absolute atomic E-state index is 0.918. The second kappa shape index (κ2) is 4.42. The molecule has 1 saturated heterocycles. The van der Waals surface area contributed by atoms with E-state index in [1.54, 1.807) is 0 Å². The van der Waals surface area contributed by atoms with Gasteiger partial charge in [-0.3, -0.25) is 9.88 Å². The summed E-state index contributed by atoms with van der Waals surface area (Å²) in [6.07, 6.45) is 3.75. The Balaban J connectivity index is 1.96. The number of hydrogen-bond donors (Lipinski definition) is 0. The molecule has 75 valence electrons. The van der Waals surface area contributed by atoms with Gasteiger partial charge in [-0.1, -0.05) is 0 Å². The topological polar surface area (TPSA) is 19.4 Å². The highest BCUT2D eigenvalue weighted by atomic mass is 15.3. The van der Waals surface area contributed by atoms with Gasteiger partial charge in [-0.05, 0) is 25.6 Å². The zero-order chi connectivity index (χ0) is 9.80. The van der Waals surface area contributed by atoms with Crippen LogP contribution in [-0.4, -0.2) is 42.6 Å². The van der Waals surface area contributed by atoms with Gasteiger partial charge in [-0.15, -0.1) is 0 Å². The van der Waals surface area contributed by atoms with Crippen molar-refractivity contribution in [3.63, 3.8) is 0 Å². The molecule has 0 spiro atoms. The van der Waals surface area contributed by atoms with Gasteiger partial charge >= 0.3 is 0 Å². The van der Waals surface area contributed by atoms with Crippen molar-refractivity contribution >= 4 is 5.69 Å². The molecule has 1 aromatic rings. The van der Waals surface area contributed by atoms with Crippen molar-refractivity contribution in [3.05, 3.63) is 31.5 Å². The first kappa shape index (κ1) is 9.46. The number of anilines is 1. The Labute approximate surface area is 85.4 Å². The average molecular weight is 190 g/mol. The second-order valence-corrected chi connectivity index (χ2v) is 3.54. The molecule has 0 saturated carbocycles. The fraction of sp³-hybridized carbons (Fsp3) is 0.455. The lowest BCUT2D eigenvalue weighted by Crippen LogP contribution is -2.46. The van der Waals surface area contributed by atoms with Crippen molar-refractivity contribution in [3.8, 4) is 0 Å². The zero-order valence-corrected chi connectivity index (χ0v) is 8.39. The smallest absolute Gasteiger partial charge is 0.0553 e. The summed E-state index contributed by atoms with van der Waals surface area (Å²) in [6, 6.07) is 4.11. The minimum atomic E-state index is 0.918. The summed E-state index contributed by atoms with van der Waals surface area (Å²) in [4.78, 5) is 8.87. The lowest BCUT2D eigenvalue weighted by Gasteiger charge is -2.35. The van der Waals surface area contributed by atoms with E-state index in [9.17, 15) is 0 Å². The quantitative estimate of drug-likeness (QED) is 0.694. The van der Waals surface area contributed by atoms with Gasteiger partial charge in [-0.25, -0.2) is 0 Å². The van der Waals surface area contributed by atoms with E-state index in [0.717, 1.165) is 32.7 Å². The third-order valence-corrected chi connectivity index (χ3v) is 2.70. The van der Waals surface area contributed by atoms with E-state index in [4.69, 9.17) is 0 Å². The summed E-state index contributed by atoms with van der Waals surface area (Å²) >= 11 is 0. The molecule has 0 atom stereocenters. The molecule has 3 nitrogen and oxygen atoms in total. The van der Waals surface area contributed by atoms with Crippen LogP contribution in [0.2, 0.25) is 0 Å². The summed E-state index contributed by atoms with van der Waals surface area (Å²) < 4.78 is 0. The summed E-state index contributed by atoms with van der Waals surface area (Å²) in [7, 11) is 0. The van der Waals surface area contributed by atoms with Crippen molar-refractivity contribution in [2.75, 3.05) is 37.6 Å². The molecular formula is C11H16N3. The van der Waals surface area contributed by atoms with Gasteiger partial charge in [0.15, 0.2) is 0 Å². The maximum Gasteiger partial charge on any atom is 0.0553 e. The van der Waals surface area contributed by atoms with Crippen LogP contribution in [-0.2, 0) is 0 Å². The van der Waals surface area contributed by atoms with Gasteiger partial charge in [-0.2, -0.15) is 0 Å². The number of aromatic nitrogens is 1. The molecule has 3 heteroatoms. The molecule has 2 heterocycles. The van der Waals surface area contributed by atoms with Crippen LogP contribution in [0.5, 0.6) is 0 Å². The van der Waals surface area contributed by atoms with Gasteiger partial charge in [0, 0.05) is 32.4 Å². The third-order valence-electron chi connectivity index (χ3n) is 2.70. The summed E-state index contributed by atoms with van der Waals surface area (Å²) in [6.45, 7) is 9.21. The molecule has 2 rings (SSSR count). The molecule has 1 radical (unpaired) electrons. The van der Waals surface area contributed by atoms with Crippen LogP contribution >= 0.6 is 0 Å². The second-order valence-electron chi connectivity index (χ2n) is 3.54. The minimum Gasteiger partial charge on any atom is -0.368 e. The predicted octanol–water partition coefficient (Wildman–Crippen LogP) is 1.04.